The van der Waals surface area contributed by atoms with Gasteiger partial charge in [-0.1, -0.05) is 0 Å². The number of alkyl halides is 2. The zero-order valence-electron chi connectivity index (χ0n) is 13.5. The molecule has 0 aromatic carbocycles. The van der Waals surface area contributed by atoms with Crippen molar-refractivity contribution in [3.8, 4) is 11.6 Å². The number of rotatable bonds is 4. The van der Waals surface area contributed by atoms with E-state index in [0.29, 0.717) is 30.2 Å². The minimum Gasteiger partial charge on any atom is -0.455 e. The van der Waals surface area contributed by atoms with Crippen LogP contribution in [0.1, 0.15) is 23.5 Å². The lowest BCUT2D eigenvalue weighted by Gasteiger charge is -2.27. The summed E-state index contributed by atoms with van der Waals surface area (Å²) in [6.07, 6.45) is 0.504. The number of thiophene rings is 1. The van der Waals surface area contributed by atoms with Gasteiger partial charge in [-0.05, 0) is 31.0 Å². The zero-order chi connectivity index (χ0) is 17.4. The molecule has 4 heterocycles. The Morgan fingerprint density at radius 1 is 1.28 bits per heavy atom. The lowest BCUT2D eigenvalue weighted by molar-refractivity contribution is 0.146. The Hall–Kier alpha value is -2.06. The maximum atomic E-state index is 13.3. The van der Waals surface area contributed by atoms with Crippen molar-refractivity contribution in [3.05, 3.63) is 28.8 Å². The summed E-state index contributed by atoms with van der Waals surface area (Å²) in [5, 5.41) is 0.807. The van der Waals surface area contributed by atoms with E-state index in [1.807, 2.05) is 6.07 Å². The molecule has 132 valence electrons. The van der Waals surface area contributed by atoms with Crippen LogP contribution < -0.4 is 5.73 Å². The topological polar surface area (TPSA) is 68.2 Å². The minimum absolute atomic E-state index is 0.236. The number of hydrogen-bond acceptors (Lipinski definition) is 6. The van der Waals surface area contributed by atoms with E-state index in [0.717, 1.165) is 34.7 Å². The molecule has 0 aliphatic carbocycles. The predicted molar refractivity (Wildman–Crippen MR) is 93.7 cm³/mol. The van der Waals surface area contributed by atoms with Crippen LogP contribution in [-0.4, -0.2) is 34.1 Å². The summed E-state index contributed by atoms with van der Waals surface area (Å²) in [5.41, 5.74) is 6.07. The van der Waals surface area contributed by atoms with E-state index in [1.165, 1.54) is 0 Å². The molecule has 3 aromatic rings. The van der Waals surface area contributed by atoms with Gasteiger partial charge in [0.15, 0.2) is 11.6 Å². The molecule has 25 heavy (non-hydrogen) atoms. The molecule has 5 nitrogen and oxygen atoms in total. The molecular formula is C17H18F2N4OS. The maximum absolute atomic E-state index is 13.3. The Bertz CT molecular complexity index is 886. The number of anilines is 1. The lowest BCUT2D eigenvalue weighted by atomic mass is 10.1. The molecule has 0 bridgehead atoms. The molecule has 0 saturated carbocycles. The van der Waals surface area contributed by atoms with Crippen molar-refractivity contribution in [2.75, 3.05) is 18.8 Å². The fourth-order valence-corrected chi connectivity index (χ4v) is 4.11. The lowest BCUT2D eigenvalue weighted by Crippen LogP contribution is -2.33. The van der Waals surface area contributed by atoms with Crippen molar-refractivity contribution >= 4 is 27.4 Å². The van der Waals surface area contributed by atoms with Crippen LogP contribution in [0.25, 0.3) is 21.8 Å². The van der Waals surface area contributed by atoms with Crippen molar-refractivity contribution in [3.63, 3.8) is 0 Å². The van der Waals surface area contributed by atoms with Crippen LogP contribution in [0.4, 0.5) is 14.6 Å². The number of furan rings is 1. The van der Waals surface area contributed by atoms with E-state index >= 15 is 0 Å². The molecule has 0 radical (unpaired) electrons. The highest BCUT2D eigenvalue weighted by Crippen LogP contribution is 2.31. The smallest absolute Gasteiger partial charge is 0.199 e. The molecule has 1 fully saturated rings. The molecule has 1 aliphatic rings. The number of piperidine rings is 1. The van der Waals surface area contributed by atoms with Crippen LogP contribution in [0.3, 0.4) is 0 Å². The monoisotopic (exact) mass is 364 g/mol. The summed E-state index contributed by atoms with van der Waals surface area (Å²) in [5.74, 6) is 1.38. The van der Waals surface area contributed by atoms with Gasteiger partial charge < -0.3 is 10.2 Å². The molecule has 0 amide bonds. The Balaban J connectivity index is 1.60. The normalized spacial score (nSPS) is 16.7. The summed E-state index contributed by atoms with van der Waals surface area (Å²) in [6.45, 7) is 1.62. The first-order valence-corrected chi connectivity index (χ1v) is 9.01. The molecule has 8 heteroatoms. The second-order valence-electron chi connectivity index (χ2n) is 6.21. The van der Waals surface area contributed by atoms with Crippen molar-refractivity contribution in [2.24, 2.45) is 0 Å². The fourth-order valence-electron chi connectivity index (χ4n) is 3.03. The first-order valence-electron chi connectivity index (χ1n) is 8.20. The molecular weight excluding hydrogens is 346 g/mol. The van der Waals surface area contributed by atoms with Gasteiger partial charge in [-0.25, -0.2) is 18.7 Å². The van der Waals surface area contributed by atoms with Crippen molar-refractivity contribution in [1.82, 2.24) is 14.9 Å². The van der Waals surface area contributed by atoms with Gasteiger partial charge in [-0.15, -0.1) is 11.3 Å². The molecule has 0 unspecified atom stereocenters. The van der Waals surface area contributed by atoms with Gasteiger partial charge in [0, 0.05) is 24.5 Å². The highest BCUT2D eigenvalue weighted by atomic mass is 32.1. The Morgan fingerprint density at radius 3 is 2.80 bits per heavy atom. The standard InChI is InChI=1S/C17H18F2N4OS/c18-8-11-1-2-14(24-11)16-21-15(20)13-7-12(25-17(13)22-16)9-23-5-3-10(19)4-6-23/h1-2,7,10H,3-6,8-9H2,(H2,20,21,22). The van der Waals surface area contributed by atoms with E-state index in [-0.39, 0.29) is 5.76 Å². The number of nitrogen functional groups attached to an aromatic ring is 1. The van der Waals surface area contributed by atoms with Crippen LogP contribution in [0.2, 0.25) is 0 Å². The van der Waals surface area contributed by atoms with Crippen LogP contribution >= 0.6 is 11.3 Å². The third-order valence-corrected chi connectivity index (χ3v) is 5.40. The van der Waals surface area contributed by atoms with Gasteiger partial charge in [-0.2, -0.15) is 0 Å². The van der Waals surface area contributed by atoms with E-state index < -0.39 is 12.8 Å². The molecule has 1 saturated heterocycles. The Kier molecular flexibility index (Phi) is 4.39. The van der Waals surface area contributed by atoms with E-state index in [2.05, 4.69) is 14.9 Å². The first-order chi connectivity index (χ1) is 12.1. The highest BCUT2D eigenvalue weighted by Gasteiger charge is 2.20. The van der Waals surface area contributed by atoms with Gasteiger partial charge in [0.05, 0.1) is 5.39 Å². The largest absolute Gasteiger partial charge is 0.455 e. The van der Waals surface area contributed by atoms with Gasteiger partial charge in [-0.3, -0.25) is 4.90 Å². The van der Waals surface area contributed by atoms with Crippen LogP contribution in [0.15, 0.2) is 22.6 Å². The molecule has 1 aliphatic heterocycles. The van der Waals surface area contributed by atoms with E-state index in [4.69, 9.17) is 10.2 Å². The second kappa shape index (κ2) is 6.68. The van der Waals surface area contributed by atoms with E-state index in [1.54, 1.807) is 23.5 Å². The predicted octanol–water partition coefficient (Wildman–Crippen LogP) is 3.94. The van der Waals surface area contributed by atoms with Gasteiger partial charge in [0.25, 0.3) is 0 Å². The zero-order valence-corrected chi connectivity index (χ0v) is 14.4. The summed E-state index contributed by atoms with van der Waals surface area (Å²) in [4.78, 5) is 12.9. The molecule has 0 atom stereocenters. The highest BCUT2D eigenvalue weighted by molar-refractivity contribution is 7.18. The van der Waals surface area contributed by atoms with Crippen LogP contribution in [0, 0.1) is 0 Å². The number of nitrogens with zero attached hydrogens (tertiary/aromatic N) is 3. The van der Waals surface area contributed by atoms with Gasteiger partial charge in [0.2, 0.25) is 0 Å². The minimum atomic E-state index is -0.676. The molecule has 4 rings (SSSR count). The Morgan fingerprint density at radius 2 is 2.08 bits per heavy atom. The number of nitrogens with two attached hydrogens (primary N) is 1. The number of aromatic nitrogens is 2. The van der Waals surface area contributed by atoms with Crippen molar-refractivity contribution in [2.45, 2.75) is 32.2 Å². The summed E-state index contributed by atoms with van der Waals surface area (Å²) in [7, 11) is 0. The fraction of sp³-hybridized carbons (Fsp3) is 0.412. The van der Waals surface area contributed by atoms with E-state index in [9.17, 15) is 8.78 Å². The van der Waals surface area contributed by atoms with Crippen LogP contribution in [-0.2, 0) is 13.2 Å². The first kappa shape index (κ1) is 16.4. The number of likely N-dealkylation sites (tertiary alicyclic amines) is 1. The third kappa shape index (κ3) is 3.36. The maximum Gasteiger partial charge on any atom is 0.199 e. The number of fused-ring (bicyclic) bond motifs is 1. The summed E-state index contributed by atoms with van der Waals surface area (Å²) in [6, 6.07) is 5.20. The molecule has 0 spiro atoms. The third-order valence-electron chi connectivity index (χ3n) is 4.38. The summed E-state index contributed by atoms with van der Waals surface area (Å²) >= 11 is 1.55. The molecule has 3 aromatic heterocycles. The van der Waals surface area contributed by atoms with Gasteiger partial charge in [0.1, 0.15) is 29.3 Å². The summed E-state index contributed by atoms with van der Waals surface area (Å²) < 4.78 is 31.3. The average Bonchev–Trinajstić information content (AvgIpc) is 3.23. The number of hydrogen-bond donors (Lipinski definition) is 1. The Labute approximate surface area is 147 Å². The molecule has 2 N–H and O–H groups in total. The average molecular weight is 364 g/mol. The van der Waals surface area contributed by atoms with Crippen molar-refractivity contribution in [1.29, 1.82) is 0 Å². The number of halogens is 2. The van der Waals surface area contributed by atoms with Crippen molar-refractivity contribution < 1.29 is 13.2 Å². The second-order valence-corrected chi connectivity index (χ2v) is 7.33. The van der Waals surface area contributed by atoms with Gasteiger partial charge >= 0.3 is 0 Å². The SMILES string of the molecule is Nc1nc(-c2ccc(CF)o2)nc2sc(CN3CCC(F)CC3)cc12. The quantitative estimate of drug-likeness (QED) is 0.759. The van der Waals surface area contributed by atoms with Crippen LogP contribution in [0.5, 0.6) is 0 Å².